The lowest BCUT2D eigenvalue weighted by Crippen LogP contribution is -2.30. The molecule has 1 N–H and O–H groups in total. The summed E-state index contributed by atoms with van der Waals surface area (Å²) < 4.78 is 1.86. The minimum Gasteiger partial charge on any atom is -0.358 e. The molecule has 0 saturated carbocycles. The molecule has 1 aliphatic heterocycles. The van der Waals surface area contributed by atoms with E-state index in [4.69, 9.17) is 12.2 Å². The van der Waals surface area contributed by atoms with Gasteiger partial charge in [0.1, 0.15) is 4.32 Å². The van der Waals surface area contributed by atoms with Crippen molar-refractivity contribution in [2.24, 2.45) is 0 Å². The molecule has 1 aromatic carbocycles. The number of hydrogen-bond acceptors (Lipinski definition) is 3. The number of thioether (sulfide) groups is 1. The number of hydrogen-bond donors (Lipinski definition) is 1. The van der Waals surface area contributed by atoms with Crippen molar-refractivity contribution in [2.75, 3.05) is 18.8 Å². The topological polar surface area (TPSA) is 32.3 Å². The molecule has 0 spiro atoms. The van der Waals surface area contributed by atoms with E-state index in [-0.39, 0.29) is 11.9 Å². The predicted octanol–water partition coefficient (Wildman–Crippen LogP) is 3.74. The van der Waals surface area contributed by atoms with Gasteiger partial charge in [0.2, 0.25) is 5.91 Å². The van der Waals surface area contributed by atoms with Gasteiger partial charge in [-0.05, 0) is 31.4 Å². The van der Waals surface area contributed by atoms with Crippen LogP contribution >= 0.6 is 39.9 Å². The third-order valence-electron chi connectivity index (χ3n) is 3.44. The molecule has 0 aliphatic carbocycles. The number of carbonyl (C=O) groups is 1. The molecule has 0 aromatic heterocycles. The van der Waals surface area contributed by atoms with Crippen molar-refractivity contribution in [1.29, 1.82) is 0 Å². The van der Waals surface area contributed by atoms with E-state index in [1.54, 1.807) is 0 Å². The maximum absolute atomic E-state index is 12.0. The first-order valence-corrected chi connectivity index (χ1v) is 9.22. The van der Waals surface area contributed by atoms with E-state index in [2.05, 4.69) is 26.1 Å². The number of rotatable bonds is 4. The lowest BCUT2D eigenvalue weighted by molar-refractivity contribution is -0.119. The highest BCUT2D eigenvalue weighted by atomic mass is 79.9. The molecule has 114 valence electrons. The molecule has 1 aliphatic rings. The number of carbonyl (C=O) groups excluding carboxylic acids is 1. The van der Waals surface area contributed by atoms with Gasteiger partial charge in [-0.3, -0.25) is 4.79 Å². The molecule has 21 heavy (non-hydrogen) atoms. The molecule has 0 bridgehead atoms. The Morgan fingerprint density at radius 1 is 1.43 bits per heavy atom. The number of benzene rings is 1. The molecular formula is C15H19BrN2OS2. The number of nitrogens with zero attached hydrogens (tertiary/aromatic N) is 1. The Balaban J connectivity index is 1.79. The van der Waals surface area contributed by atoms with E-state index >= 15 is 0 Å². The van der Waals surface area contributed by atoms with Gasteiger partial charge in [0.15, 0.2) is 0 Å². The maximum atomic E-state index is 12.0. The summed E-state index contributed by atoms with van der Waals surface area (Å²) >= 11 is 10.3. The quantitative estimate of drug-likeness (QED) is 0.798. The zero-order valence-corrected chi connectivity index (χ0v) is 15.2. The van der Waals surface area contributed by atoms with Crippen molar-refractivity contribution < 1.29 is 4.79 Å². The Bertz CT molecular complexity index is 518. The fraction of sp³-hybridized carbons (Fsp3) is 0.467. The van der Waals surface area contributed by atoms with Crippen LogP contribution in [0.25, 0.3) is 0 Å². The Morgan fingerprint density at radius 3 is 2.76 bits per heavy atom. The van der Waals surface area contributed by atoms with Crippen molar-refractivity contribution in [1.82, 2.24) is 10.2 Å². The third kappa shape index (κ3) is 4.97. The predicted molar refractivity (Wildman–Crippen MR) is 96.6 cm³/mol. The first-order chi connectivity index (χ1) is 10.1. The van der Waals surface area contributed by atoms with Crippen LogP contribution in [0, 0.1) is 0 Å². The fourth-order valence-corrected chi connectivity index (χ4v) is 4.00. The summed E-state index contributed by atoms with van der Waals surface area (Å²) in [5, 5.41) is 3.02. The highest BCUT2D eigenvalue weighted by Gasteiger charge is 2.17. The van der Waals surface area contributed by atoms with Crippen LogP contribution in [0.2, 0.25) is 0 Å². The van der Waals surface area contributed by atoms with Gasteiger partial charge in [0.25, 0.3) is 0 Å². The van der Waals surface area contributed by atoms with Gasteiger partial charge in [-0.25, -0.2) is 0 Å². The third-order valence-corrected chi connectivity index (χ3v) is 5.69. The van der Waals surface area contributed by atoms with Gasteiger partial charge in [-0.1, -0.05) is 58.1 Å². The van der Waals surface area contributed by atoms with Crippen molar-refractivity contribution in [3.05, 3.63) is 34.3 Å². The first kappa shape index (κ1) is 16.8. The van der Waals surface area contributed by atoms with Crippen LogP contribution in [0.3, 0.4) is 0 Å². The second-order valence-electron chi connectivity index (χ2n) is 5.06. The maximum Gasteiger partial charge on any atom is 0.230 e. The summed E-state index contributed by atoms with van der Waals surface area (Å²) in [6.45, 7) is 4.04. The highest BCUT2D eigenvalue weighted by molar-refractivity contribution is 9.10. The number of thiocarbonyl (C=S) groups is 1. The lowest BCUT2D eigenvalue weighted by atomic mass is 10.1. The van der Waals surface area contributed by atoms with Crippen LogP contribution in [0.15, 0.2) is 28.7 Å². The monoisotopic (exact) mass is 386 g/mol. The Kier molecular flexibility index (Phi) is 6.51. The molecule has 1 fully saturated rings. The molecule has 1 amide bonds. The Hall–Kier alpha value is -0.590. The van der Waals surface area contributed by atoms with Crippen LogP contribution in [0.4, 0.5) is 0 Å². The number of nitrogens with one attached hydrogen (secondary N) is 1. The first-order valence-electron chi connectivity index (χ1n) is 7.03. The molecule has 0 radical (unpaired) electrons. The lowest BCUT2D eigenvalue weighted by Gasteiger charge is -2.19. The van der Waals surface area contributed by atoms with E-state index in [1.807, 2.05) is 31.2 Å². The summed E-state index contributed by atoms with van der Waals surface area (Å²) in [5.41, 5.74) is 1.08. The normalized spacial score (nSPS) is 15.8. The summed E-state index contributed by atoms with van der Waals surface area (Å²) in [7, 11) is 0. The van der Waals surface area contributed by atoms with Crippen LogP contribution in [0.5, 0.6) is 0 Å². The molecule has 1 heterocycles. The minimum absolute atomic E-state index is 0.0183. The molecule has 1 saturated heterocycles. The van der Waals surface area contributed by atoms with Crippen LogP contribution in [-0.2, 0) is 4.79 Å². The van der Waals surface area contributed by atoms with E-state index in [9.17, 15) is 4.79 Å². The number of halogens is 1. The summed E-state index contributed by atoms with van der Waals surface area (Å²) in [6, 6.07) is 7.91. The fourth-order valence-electron chi connectivity index (χ4n) is 2.31. The molecule has 6 heteroatoms. The van der Waals surface area contributed by atoms with Gasteiger partial charge < -0.3 is 10.2 Å². The highest BCUT2D eigenvalue weighted by Crippen LogP contribution is 2.23. The Morgan fingerprint density at radius 2 is 2.10 bits per heavy atom. The van der Waals surface area contributed by atoms with Gasteiger partial charge in [-0.15, -0.1) is 0 Å². The average Bonchev–Trinajstić information content (AvgIpc) is 2.99. The van der Waals surface area contributed by atoms with Crippen molar-refractivity contribution >= 4 is 50.1 Å². The SMILES string of the molecule is C[C@@H](NC(=O)CSC(=S)N1CCCC1)c1ccccc1Br. The standard InChI is InChI=1S/C15H19BrN2OS2/c1-11(12-6-2-3-7-13(12)16)17-14(19)10-21-15(20)18-8-4-5-9-18/h2-3,6-7,11H,4-5,8-10H2,1H3,(H,17,19)/t11-/m1/s1. The molecule has 2 rings (SSSR count). The van der Waals surface area contributed by atoms with Gasteiger partial charge in [0, 0.05) is 17.6 Å². The Labute approximate surface area is 144 Å². The van der Waals surface area contributed by atoms with Gasteiger partial charge in [0.05, 0.1) is 11.8 Å². The molecule has 3 nitrogen and oxygen atoms in total. The van der Waals surface area contributed by atoms with Gasteiger partial charge >= 0.3 is 0 Å². The molecule has 0 unspecified atom stereocenters. The summed E-state index contributed by atoms with van der Waals surface area (Å²) in [4.78, 5) is 14.2. The van der Waals surface area contributed by atoms with Crippen LogP contribution < -0.4 is 5.32 Å². The van der Waals surface area contributed by atoms with E-state index in [0.717, 1.165) is 27.4 Å². The van der Waals surface area contributed by atoms with Crippen molar-refractivity contribution in [3.8, 4) is 0 Å². The van der Waals surface area contributed by atoms with E-state index in [1.165, 1.54) is 24.6 Å². The van der Waals surface area contributed by atoms with Gasteiger partial charge in [-0.2, -0.15) is 0 Å². The summed E-state index contributed by atoms with van der Waals surface area (Å²) in [6.07, 6.45) is 2.40. The zero-order valence-electron chi connectivity index (χ0n) is 12.0. The van der Waals surface area contributed by atoms with E-state index < -0.39 is 0 Å². The smallest absolute Gasteiger partial charge is 0.230 e. The molecule has 1 aromatic rings. The number of likely N-dealkylation sites (tertiary alicyclic amines) is 1. The second-order valence-corrected chi connectivity index (χ2v) is 7.52. The second kappa shape index (κ2) is 8.15. The zero-order chi connectivity index (χ0) is 15.2. The minimum atomic E-state index is -0.0194. The van der Waals surface area contributed by atoms with Crippen LogP contribution in [-0.4, -0.2) is 34.0 Å². The average molecular weight is 387 g/mol. The summed E-state index contributed by atoms with van der Waals surface area (Å²) in [5.74, 6) is 0.397. The molecular weight excluding hydrogens is 368 g/mol. The van der Waals surface area contributed by atoms with E-state index in [0.29, 0.717) is 5.75 Å². The van der Waals surface area contributed by atoms with Crippen molar-refractivity contribution in [3.63, 3.8) is 0 Å². The molecule has 1 atom stereocenters. The largest absolute Gasteiger partial charge is 0.358 e. The number of amides is 1. The van der Waals surface area contributed by atoms with Crippen molar-refractivity contribution in [2.45, 2.75) is 25.8 Å². The van der Waals surface area contributed by atoms with Crippen LogP contribution in [0.1, 0.15) is 31.4 Å².